The number of nitrogens with one attached hydrogen (secondary N) is 1. The third-order valence-corrected chi connectivity index (χ3v) is 3.53. The van der Waals surface area contributed by atoms with E-state index in [1.807, 2.05) is 39.0 Å². The maximum atomic E-state index is 6.00. The van der Waals surface area contributed by atoms with Crippen LogP contribution in [0.1, 0.15) is 26.6 Å². The van der Waals surface area contributed by atoms with Gasteiger partial charge in [-0.2, -0.15) is 0 Å². The molecule has 3 N–H and O–H groups in total. The monoisotopic (exact) mass is 354 g/mol. The Bertz CT molecular complexity index is 638. The molecule has 2 aromatic rings. The molecule has 0 aliphatic carbocycles. The highest BCUT2D eigenvalue weighted by atomic mass is 79.9. The van der Waals surface area contributed by atoms with Crippen molar-refractivity contribution in [2.45, 2.75) is 26.2 Å². The maximum Gasteiger partial charge on any atom is 0.138 e. The standard InChI is InChI=1S/C14H16BrClN4/c1-14(2,3)13-19-11(17)7-12(20-13)18-10-6-8(16)4-5-9(10)15/h4-7H,1-3H3,(H3,17,18,19,20). The molecule has 106 valence electrons. The Morgan fingerprint density at radius 2 is 1.90 bits per heavy atom. The Balaban J connectivity index is 2.39. The number of nitrogens with zero attached hydrogens (tertiary/aromatic N) is 2. The molecule has 4 nitrogen and oxygen atoms in total. The first-order chi connectivity index (χ1) is 9.25. The number of benzene rings is 1. The number of aromatic nitrogens is 2. The largest absolute Gasteiger partial charge is 0.384 e. The molecule has 0 atom stereocenters. The van der Waals surface area contributed by atoms with Gasteiger partial charge in [0.1, 0.15) is 17.5 Å². The first kappa shape index (κ1) is 15.1. The normalized spacial score (nSPS) is 11.4. The lowest BCUT2D eigenvalue weighted by molar-refractivity contribution is 0.547. The summed E-state index contributed by atoms with van der Waals surface area (Å²) >= 11 is 9.47. The molecular formula is C14H16BrClN4. The molecule has 0 amide bonds. The quantitative estimate of drug-likeness (QED) is 0.831. The van der Waals surface area contributed by atoms with Crippen molar-refractivity contribution >= 4 is 44.9 Å². The number of rotatable bonds is 2. The molecule has 6 heteroatoms. The molecule has 0 aliphatic heterocycles. The van der Waals surface area contributed by atoms with Gasteiger partial charge in [0.25, 0.3) is 0 Å². The van der Waals surface area contributed by atoms with Gasteiger partial charge in [0.05, 0.1) is 5.69 Å². The Hall–Kier alpha value is -1.33. The van der Waals surface area contributed by atoms with E-state index in [9.17, 15) is 0 Å². The second-order valence-corrected chi connectivity index (χ2v) is 6.79. The van der Waals surface area contributed by atoms with Gasteiger partial charge in [0, 0.05) is 21.0 Å². The first-order valence-electron chi connectivity index (χ1n) is 6.13. The average molecular weight is 356 g/mol. The van der Waals surface area contributed by atoms with Gasteiger partial charge in [-0.1, -0.05) is 32.4 Å². The summed E-state index contributed by atoms with van der Waals surface area (Å²) in [6, 6.07) is 7.20. The van der Waals surface area contributed by atoms with Gasteiger partial charge in [-0.3, -0.25) is 0 Å². The molecule has 1 heterocycles. The zero-order chi connectivity index (χ0) is 14.9. The number of nitrogens with two attached hydrogens (primary N) is 1. The van der Waals surface area contributed by atoms with Crippen molar-refractivity contribution in [3.8, 4) is 0 Å². The Kier molecular flexibility index (Phi) is 4.20. The fourth-order valence-corrected chi connectivity index (χ4v) is 2.11. The summed E-state index contributed by atoms with van der Waals surface area (Å²) in [5, 5.41) is 3.85. The van der Waals surface area contributed by atoms with Crippen molar-refractivity contribution in [1.82, 2.24) is 9.97 Å². The molecule has 0 unspecified atom stereocenters. The van der Waals surface area contributed by atoms with Crippen LogP contribution in [-0.4, -0.2) is 9.97 Å². The molecule has 1 aromatic carbocycles. The van der Waals surface area contributed by atoms with Gasteiger partial charge in [0.15, 0.2) is 0 Å². The Morgan fingerprint density at radius 1 is 1.20 bits per heavy atom. The van der Waals surface area contributed by atoms with E-state index < -0.39 is 0 Å². The summed E-state index contributed by atoms with van der Waals surface area (Å²) in [7, 11) is 0. The van der Waals surface area contributed by atoms with Crippen molar-refractivity contribution in [3.63, 3.8) is 0 Å². The van der Waals surface area contributed by atoms with E-state index in [0.29, 0.717) is 22.5 Å². The highest BCUT2D eigenvalue weighted by Crippen LogP contribution is 2.29. The SMILES string of the molecule is CC(C)(C)c1nc(N)cc(Nc2cc(Cl)ccc2Br)n1. The summed E-state index contributed by atoms with van der Waals surface area (Å²) in [6.45, 7) is 6.13. The minimum atomic E-state index is -0.169. The zero-order valence-electron chi connectivity index (χ0n) is 11.5. The molecule has 0 fully saturated rings. The van der Waals surface area contributed by atoms with Crippen LogP contribution in [0.3, 0.4) is 0 Å². The van der Waals surface area contributed by atoms with Crippen molar-refractivity contribution in [3.05, 3.63) is 39.6 Å². The van der Waals surface area contributed by atoms with Crippen LogP contribution in [0.4, 0.5) is 17.3 Å². The summed E-state index contributed by atoms with van der Waals surface area (Å²) in [4.78, 5) is 8.78. The predicted molar refractivity (Wildman–Crippen MR) is 87.6 cm³/mol. The first-order valence-corrected chi connectivity index (χ1v) is 7.30. The zero-order valence-corrected chi connectivity index (χ0v) is 13.9. The van der Waals surface area contributed by atoms with Crippen molar-refractivity contribution in [2.75, 3.05) is 11.1 Å². The molecular weight excluding hydrogens is 340 g/mol. The van der Waals surface area contributed by atoms with Crippen molar-refractivity contribution in [2.24, 2.45) is 0 Å². The fraction of sp³-hybridized carbons (Fsp3) is 0.286. The van der Waals surface area contributed by atoms with Crippen molar-refractivity contribution < 1.29 is 0 Å². The second kappa shape index (κ2) is 5.58. The average Bonchev–Trinajstić information content (AvgIpc) is 2.32. The minimum Gasteiger partial charge on any atom is -0.384 e. The number of nitrogen functional groups attached to an aromatic ring is 1. The van der Waals surface area contributed by atoms with E-state index in [-0.39, 0.29) is 5.41 Å². The van der Waals surface area contributed by atoms with Gasteiger partial charge in [-0.15, -0.1) is 0 Å². The van der Waals surface area contributed by atoms with Crippen LogP contribution in [-0.2, 0) is 5.41 Å². The van der Waals surface area contributed by atoms with Crippen LogP contribution >= 0.6 is 27.5 Å². The van der Waals surface area contributed by atoms with Crippen molar-refractivity contribution in [1.29, 1.82) is 0 Å². The lowest BCUT2D eigenvalue weighted by Crippen LogP contribution is -2.17. The molecule has 20 heavy (non-hydrogen) atoms. The molecule has 0 saturated heterocycles. The highest BCUT2D eigenvalue weighted by molar-refractivity contribution is 9.10. The van der Waals surface area contributed by atoms with Gasteiger partial charge >= 0.3 is 0 Å². The van der Waals surface area contributed by atoms with Gasteiger partial charge in [0.2, 0.25) is 0 Å². The van der Waals surface area contributed by atoms with E-state index in [4.69, 9.17) is 17.3 Å². The van der Waals surface area contributed by atoms with Crippen LogP contribution in [0.25, 0.3) is 0 Å². The molecule has 0 saturated carbocycles. The number of halogens is 2. The second-order valence-electron chi connectivity index (χ2n) is 5.50. The summed E-state index contributed by atoms with van der Waals surface area (Å²) in [5.74, 6) is 1.77. The van der Waals surface area contributed by atoms with Crippen LogP contribution in [0.2, 0.25) is 5.02 Å². The third-order valence-electron chi connectivity index (χ3n) is 2.61. The smallest absolute Gasteiger partial charge is 0.138 e. The topological polar surface area (TPSA) is 63.8 Å². The molecule has 0 bridgehead atoms. The third kappa shape index (κ3) is 3.61. The van der Waals surface area contributed by atoms with E-state index in [1.54, 1.807) is 6.07 Å². The van der Waals surface area contributed by atoms with Crippen LogP contribution in [0.5, 0.6) is 0 Å². The maximum absolute atomic E-state index is 6.00. The summed E-state index contributed by atoms with van der Waals surface area (Å²) in [6.07, 6.45) is 0. The minimum absolute atomic E-state index is 0.169. The van der Waals surface area contributed by atoms with Crippen LogP contribution in [0, 0.1) is 0 Å². The lowest BCUT2D eigenvalue weighted by atomic mass is 9.96. The molecule has 1 aromatic heterocycles. The lowest BCUT2D eigenvalue weighted by Gasteiger charge is -2.18. The molecule has 2 rings (SSSR count). The van der Waals surface area contributed by atoms with E-state index >= 15 is 0 Å². The van der Waals surface area contributed by atoms with Crippen LogP contribution in [0.15, 0.2) is 28.7 Å². The Morgan fingerprint density at radius 3 is 2.55 bits per heavy atom. The van der Waals surface area contributed by atoms with Gasteiger partial charge in [-0.25, -0.2) is 9.97 Å². The molecule has 0 spiro atoms. The number of hydrogen-bond acceptors (Lipinski definition) is 4. The van der Waals surface area contributed by atoms with E-state index in [2.05, 4.69) is 31.2 Å². The predicted octanol–water partition coefficient (Wildman–Crippen LogP) is 4.52. The van der Waals surface area contributed by atoms with Gasteiger partial charge in [-0.05, 0) is 34.1 Å². The van der Waals surface area contributed by atoms with Gasteiger partial charge < -0.3 is 11.1 Å². The van der Waals surface area contributed by atoms with Crippen LogP contribution < -0.4 is 11.1 Å². The summed E-state index contributed by atoms with van der Waals surface area (Å²) in [5.41, 5.74) is 6.51. The fourth-order valence-electron chi connectivity index (χ4n) is 1.60. The van der Waals surface area contributed by atoms with E-state index in [1.165, 1.54) is 0 Å². The number of anilines is 3. The van der Waals surface area contributed by atoms with E-state index in [0.717, 1.165) is 10.2 Å². The summed E-state index contributed by atoms with van der Waals surface area (Å²) < 4.78 is 0.899. The number of hydrogen-bond donors (Lipinski definition) is 2. The molecule has 0 radical (unpaired) electrons. The molecule has 0 aliphatic rings. The highest BCUT2D eigenvalue weighted by Gasteiger charge is 2.18. The Labute approximate surface area is 131 Å².